The number of H-pyrrole nitrogens is 1. The van der Waals surface area contributed by atoms with Crippen LogP contribution in [0.3, 0.4) is 0 Å². The summed E-state index contributed by atoms with van der Waals surface area (Å²) in [6, 6.07) is 2.94. The van der Waals surface area contributed by atoms with E-state index >= 15 is 0 Å². The number of halogens is 1. The average molecular weight is 588 g/mol. The van der Waals surface area contributed by atoms with Crippen molar-refractivity contribution >= 4 is 35.3 Å². The van der Waals surface area contributed by atoms with Crippen molar-refractivity contribution in [2.24, 2.45) is 5.92 Å². The van der Waals surface area contributed by atoms with Crippen molar-refractivity contribution in [2.75, 3.05) is 24.8 Å². The quantitative estimate of drug-likeness (QED) is 0.155. The third-order valence-corrected chi connectivity index (χ3v) is 7.69. The number of aryl methyl sites for hydroxylation is 1. The van der Waals surface area contributed by atoms with Gasteiger partial charge in [0.2, 0.25) is 17.4 Å². The van der Waals surface area contributed by atoms with Crippen LogP contribution < -0.4 is 20.9 Å². The molecule has 0 radical (unpaired) electrons. The second-order valence-electron chi connectivity index (χ2n) is 10.4. The molecule has 1 aromatic heterocycles. The van der Waals surface area contributed by atoms with Crippen LogP contribution in [0.5, 0.6) is 0 Å². The molecule has 0 spiro atoms. The SMILES string of the molecule is CC[C@H](C)[C@H](NC(=O)COCCF)C(=O)N[C@H]1CCc2cccc3c2N(C1=O)[C@](C(=O)O)(C(=O)NCc1c[nH]nn1)C3. The number of anilines is 1. The molecule has 0 aliphatic carbocycles. The van der Waals surface area contributed by atoms with Crippen molar-refractivity contribution in [3.8, 4) is 0 Å². The molecule has 2 aliphatic rings. The Kier molecular flexibility index (Phi) is 9.50. The first-order valence-corrected chi connectivity index (χ1v) is 13.7. The van der Waals surface area contributed by atoms with Crippen LogP contribution in [0.15, 0.2) is 24.4 Å². The number of benzene rings is 1. The lowest BCUT2D eigenvalue weighted by Crippen LogP contribution is -2.67. The third kappa shape index (κ3) is 5.95. The second-order valence-corrected chi connectivity index (χ2v) is 10.4. The van der Waals surface area contributed by atoms with Gasteiger partial charge in [-0.05, 0) is 29.9 Å². The number of para-hydroxylation sites is 1. The number of ether oxygens (including phenoxy) is 1. The topological polar surface area (TPSA) is 196 Å². The van der Waals surface area contributed by atoms with E-state index in [9.17, 15) is 33.5 Å². The summed E-state index contributed by atoms with van der Waals surface area (Å²) >= 11 is 0. The Morgan fingerprint density at radius 1 is 1.29 bits per heavy atom. The van der Waals surface area contributed by atoms with Gasteiger partial charge in [0.15, 0.2) is 0 Å². The Balaban J connectivity index is 1.62. The van der Waals surface area contributed by atoms with Crippen LogP contribution in [0, 0.1) is 5.92 Å². The number of carboxylic acids is 1. The van der Waals surface area contributed by atoms with Gasteiger partial charge in [-0.1, -0.05) is 43.7 Å². The first-order valence-electron chi connectivity index (χ1n) is 13.7. The van der Waals surface area contributed by atoms with E-state index in [0.717, 1.165) is 4.90 Å². The number of aromatic amines is 1. The molecule has 1 aromatic carbocycles. The first kappa shape index (κ1) is 30.6. The molecule has 0 fully saturated rings. The monoisotopic (exact) mass is 587 g/mol. The van der Waals surface area contributed by atoms with Crippen LogP contribution in [-0.4, -0.2) is 87.6 Å². The predicted octanol–water partition coefficient (Wildman–Crippen LogP) is -0.218. The summed E-state index contributed by atoms with van der Waals surface area (Å²) in [5, 5.41) is 28.2. The number of rotatable bonds is 13. The molecule has 226 valence electrons. The molecule has 4 amide bonds. The van der Waals surface area contributed by atoms with Crippen LogP contribution >= 0.6 is 0 Å². The number of nitrogens with one attached hydrogen (secondary N) is 4. The third-order valence-electron chi connectivity index (χ3n) is 7.69. The molecule has 0 saturated heterocycles. The number of amides is 4. The van der Waals surface area contributed by atoms with E-state index in [0.29, 0.717) is 35.3 Å². The highest BCUT2D eigenvalue weighted by atomic mass is 19.1. The number of aromatic nitrogens is 3. The van der Waals surface area contributed by atoms with E-state index in [1.807, 2.05) is 6.92 Å². The number of aliphatic carboxylic acids is 1. The minimum atomic E-state index is -2.31. The standard InChI is InChI=1S/C27H34FN7O7/c1-3-15(2)21(32-20(36)14-42-10-9-28)23(37)31-19-8-7-16-5-4-6-17-11-27(26(40)41,35(22(16)17)24(19)38)25(39)29-12-18-13-30-34-33-18/h4-6,13,15,19,21H,3,7-12,14H2,1-2H3,(H,29,39)(H,31,37)(H,32,36)(H,40,41)(H,30,33,34)/t15-,19-,21-,27-/m0/s1. The number of carbonyl (C=O) groups is 5. The smallest absolute Gasteiger partial charge is 0.340 e. The fourth-order valence-electron chi connectivity index (χ4n) is 5.31. The summed E-state index contributed by atoms with van der Waals surface area (Å²) in [6.45, 7) is 1.99. The molecule has 4 atom stereocenters. The van der Waals surface area contributed by atoms with Gasteiger partial charge < -0.3 is 25.8 Å². The Bertz CT molecular complexity index is 1340. The van der Waals surface area contributed by atoms with Gasteiger partial charge in [-0.15, -0.1) is 5.10 Å². The summed E-state index contributed by atoms with van der Waals surface area (Å²) < 4.78 is 17.3. The predicted molar refractivity (Wildman–Crippen MR) is 145 cm³/mol. The molecule has 0 saturated carbocycles. The molecule has 5 N–H and O–H groups in total. The van der Waals surface area contributed by atoms with Gasteiger partial charge in [0.05, 0.1) is 18.8 Å². The first-order chi connectivity index (χ1) is 20.1. The molecule has 3 heterocycles. The molecule has 42 heavy (non-hydrogen) atoms. The highest BCUT2D eigenvalue weighted by molar-refractivity contribution is 6.20. The minimum Gasteiger partial charge on any atom is -0.479 e. The lowest BCUT2D eigenvalue weighted by Gasteiger charge is -2.35. The van der Waals surface area contributed by atoms with Gasteiger partial charge in [-0.2, -0.15) is 0 Å². The molecule has 2 aliphatic heterocycles. The summed E-state index contributed by atoms with van der Waals surface area (Å²) in [6.07, 6.45) is 2.14. The molecule has 15 heteroatoms. The lowest BCUT2D eigenvalue weighted by atomic mass is 9.91. The summed E-state index contributed by atoms with van der Waals surface area (Å²) in [4.78, 5) is 67.5. The Morgan fingerprint density at radius 3 is 2.71 bits per heavy atom. The Morgan fingerprint density at radius 2 is 2.05 bits per heavy atom. The highest BCUT2D eigenvalue weighted by Crippen LogP contribution is 2.44. The fraction of sp³-hybridized carbons (Fsp3) is 0.519. The number of carbonyl (C=O) groups excluding carboxylic acids is 4. The molecular weight excluding hydrogens is 553 g/mol. The van der Waals surface area contributed by atoms with Crippen molar-refractivity contribution in [2.45, 2.75) is 63.7 Å². The minimum absolute atomic E-state index is 0.124. The van der Waals surface area contributed by atoms with Gasteiger partial charge in [0, 0.05) is 12.6 Å². The van der Waals surface area contributed by atoms with Gasteiger partial charge in [-0.3, -0.25) is 29.2 Å². The van der Waals surface area contributed by atoms with Crippen LogP contribution in [0.25, 0.3) is 0 Å². The molecule has 4 rings (SSSR count). The fourth-order valence-corrected chi connectivity index (χ4v) is 5.31. The van der Waals surface area contributed by atoms with Crippen LogP contribution in [0.1, 0.15) is 43.5 Å². The van der Waals surface area contributed by atoms with Crippen molar-refractivity contribution in [1.82, 2.24) is 31.4 Å². The van der Waals surface area contributed by atoms with E-state index in [1.165, 1.54) is 6.20 Å². The van der Waals surface area contributed by atoms with E-state index in [2.05, 4.69) is 31.4 Å². The average Bonchev–Trinajstić information content (AvgIpc) is 3.60. The molecule has 2 aromatic rings. The van der Waals surface area contributed by atoms with E-state index in [-0.39, 0.29) is 31.9 Å². The summed E-state index contributed by atoms with van der Waals surface area (Å²) in [5.41, 5.74) is -0.424. The number of carboxylic acid groups (broad SMARTS) is 1. The number of hydrogen-bond donors (Lipinski definition) is 5. The molecule has 14 nitrogen and oxygen atoms in total. The van der Waals surface area contributed by atoms with Crippen molar-refractivity contribution in [3.63, 3.8) is 0 Å². The number of alkyl halides is 1. The zero-order valence-corrected chi connectivity index (χ0v) is 23.3. The summed E-state index contributed by atoms with van der Waals surface area (Å²) in [5.74, 6) is -4.82. The molecule has 0 unspecified atom stereocenters. The maximum atomic E-state index is 14.1. The largest absolute Gasteiger partial charge is 0.479 e. The Hall–Kier alpha value is -4.40. The van der Waals surface area contributed by atoms with Gasteiger partial charge in [0.25, 0.3) is 11.8 Å². The normalized spacial score (nSPS) is 20.7. The van der Waals surface area contributed by atoms with Crippen molar-refractivity contribution in [3.05, 3.63) is 41.2 Å². The van der Waals surface area contributed by atoms with Gasteiger partial charge in [-0.25, -0.2) is 9.18 Å². The highest BCUT2D eigenvalue weighted by Gasteiger charge is 2.60. The second kappa shape index (κ2) is 13.1. The Labute approximate surface area is 240 Å². The number of nitrogens with zero attached hydrogens (tertiary/aromatic N) is 3. The van der Waals surface area contributed by atoms with E-state index in [1.54, 1.807) is 25.1 Å². The summed E-state index contributed by atoms with van der Waals surface area (Å²) in [7, 11) is 0. The maximum Gasteiger partial charge on any atom is 0.340 e. The maximum absolute atomic E-state index is 14.1. The van der Waals surface area contributed by atoms with Crippen molar-refractivity contribution in [1.29, 1.82) is 0 Å². The zero-order chi connectivity index (χ0) is 30.4. The lowest BCUT2D eigenvalue weighted by molar-refractivity contribution is -0.151. The van der Waals surface area contributed by atoms with E-state index in [4.69, 9.17) is 4.74 Å². The van der Waals surface area contributed by atoms with Crippen molar-refractivity contribution < 1.29 is 38.2 Å². The zero-order valence-electron chi connectivity index (χ0n) is 23.3. The van der Waals surface area contributed by atoms with Gasteiger partial charge in [0.1, 0.15) is 31.1 Å². The number of hydrogen-bond acceptors (Lipinski definition) is 8. The molecular formula is C27H34FN7O7. The van der Waals surface area contributed by atoms with Gasteiger partial charge >= 0.3 is 5.97 Å². The van der Waals surface area contributed by atoms with E-state index < -0.39 is 60.5 Å². The van der Waals surface area contributed by atoms with Crippen LogP contribution in [-0.2, 0) is 48.1 Å². The molecule has 0 bridgehead atoms. The van der Waals surface area contributed by atoms with Crippen LogP contribution in [0.2, 0.25) is 0 Å². The van der Waals surface area contributed by atoms with Crippen LogP contribution in [0.4, 0.5) is 10.1 Å².